The fourth-order valence-corrected chi connectivity index (χ4v) is 1.86. The highest BCUT2D eigenvalue weighted by molar-refractivity contribution is 7.80. The molecule has 0 aromatic carbocycles. The molecule has 0 aliphatic carbocycles. The molecule has 4 heteroatoms. The maximum absolute atomic E-state index is 5.65. The Morgan fingerprint density at radius 1 is 1.38 bits per heavy atom. The summed E-state index contributed by atoms with van der Waals surface area (Å²) in [7, 11) is 0. The van der Waals surface area contributed by atoms with E-state index < -0.39 is 0 Å². The molecule has 0 radical (unpaired) electrons. The number of nitrogens with zero attached hydrogens (tertiary/aromatic N) is 2. The van der Waals surface area contributed by atoms with Crippen molar-refractivity contribution < 1.29 is 4.74 Å². The Labute approximate surface area is 104 Å². The van der Waals surface area contributed by atoms with Gasteiger partial charge >= 0.3 is 0 Å². The number of hydrogen-bond donors (Lipinski definition) is 1. The third-order valence-electron chi connectivity index (χ3n) is 2.61. The van der Waals surface area contributed by atoms with Gasteiger partial charge in [0.05, 0.1) is 19.0 Å². The Balaban J connectivity index is 2.26. The van der Waals surface area contributed by atoms with E-state index in [0.717, 1.165) is 31.0 Å². The molecular weight excluding hydrogens is 220 g/mol. The van der Waals surface area contributed by atoms with Crippen LogP contribution in [-0.2, 0) is 0 Å². The van der Waals surface area contributed by atoms with Gasteiger partial charge in [-0.05, 0) is 38.4 Å². The van der Waals surface area contributed by atoms with Crippen LogP contribution in [0.2, 0.25) is 0 Å². The summed E-state index contributed by atoms with van der Waals surface area (Å²) < 4.78 is 7.55. The standard InChI is InChI=1S/C12H22N2OS/c1-10(2)14-9-12(8-13-14)15-6-4-11(3)5-7-16/h8-11,16H,4-7H2,1-3H3. The molecule has 92 valence electrons. The molecule has 0 saturated carbocycles. The van der Waals surface area contributed by atoms with Gasteiger partial charge in [0, 0.05) is 6.04 Å². The SMILES string of the molecule is CC(CCS)CCOc1cnn(C(C)C)c1. The first-order valence-corrected chi connectivity index (χ1v) is 6.54. The van der Waals surface area contributed by atoms with E-state index in [1.165, 1.54) is 0 Å². The van der Waals surface area contributed by atoms with Crippen LogP contribution in [0.25, 0.3) is 0 Å². The van der Waals surface area contributed by atoms with E-state index in [4.69, 9.17) is 4.74 Å². The Morgan fingerprint density at radius 3 is 2.69 bits per heavy atom. The molecule has 1 aromatic heterocycles. The van der Waals surface area contributed by atoms with Crippen LogP contribution in [0.5, 0.6) is 5.75 Å². The molecule has 16 heavy (non-hydrogen) atoms. The molecule has 1 heterocycles. The normalized spacial score (nSPS) is 13.1. The highest BCUT2D eigenvalue weighted by atomic mass is 32.1. The third-order valence-corrected chi connectivity index (χ3v) is 2.87. The summed E-state index contributed by atoms with van der Waals surface area (Å²) in [6.07, 6.45) is 5.96. The summed E-state index contributed by atoms with van der Waals surface area (Å²) in [4.78, 5) is 0. The van der Waals surface area contributed by atoms with Crippen LogP contribution in [-0.4, -0.2) is 22.1 Å². The van der Waals surface area contributed by atoms with E-state index in [2.05, 4.69) is 38.5 Å². The predicted octanol–water partition coefficient (Wildman–Crippen LogP) is 3.19. The predicted molar refractivity (Wildman–Crippen MR) is 70.4 cm³/mol. The minimum Gasteiger partial charge on any atom is -0.490 e. The van der Waals surface area contributed by atoms with E-state index in [1.54, 1.807) is 6.20 Å². The summed E-state index contributed by atoms with van der Waals surface area (Å²) in [6, 6.07) is 0.389. The molecule has 3 nitrogen and oxygen atoms in total. The molecule has 0 aliphatic rings. The Bertz CT molecular complexity index is 299. The number of aromatic nitrogens is 2. The van der Waals surface area contributed by atoms with Crippen molar-refractivity contribution in [1.82, 2.24) is 9.78 Å². The molecule has 1 aromatic rings. The second kappa shape index (κ2) is 6.84. The monoisotopic (exact) mass is 242 g/mol. The van der Waals surface area contributed by atoms with Crippen LogP contribution in [0.4, 0.5) is 0 Å². The number of thiol groups is 1. The van der Waals surface area contributed by atoms with Crippen LogP contribution in [0.15, 0.2) is 12.4 Å². The maximum Gasteiger partial charge on any atom is 0.157 e. The quantitative estimate of drug-likeness (QED) is 0.743. The van der Waals surface area contributed by atoms with Gasteiger partial charge in [-0.2, -0.15) is 17.7 Å². The highest BCUT2D eigenvalue weighted by Gasteiger charge is 2.04. The van der Waals surface area contributed by atoms with Crippen LogP contribution >= 0.6 is 12.6 Å². The Kier molecular flexibility index (Phi) is 5.74. The van der Waals surface area contributed by atoms with Gasteiger partial charge < -0.3 is 4.74 Å². The van der Waals surface area contributed by atoms with Crippen molar-refractivity contribution in [3.05, 3.63) is 12.4 Å². The minimum atomic E-state index is 0.389. The van der Waals surface area contributed by atoms with Gasteiger partial charge in [0.15, 0.2) is 5.75 Å². The fraction of sp³-hybridized carbons (Fsp3) is 0.750. The molecular formula is C12H22N2OS. The van der Waals surface area contributed by atoms with Gasteiger partial charge in [-0.25, -0.2) is 0 Å². The average molecular weight is 242 g/mol. The van der Waals surface area contributed by atoms with E-state index in [1.807, 2.05) is 10.9 Å². The highest BCUT2D eigenvalue weighted by Crippen LogP contribution is 2.14. The summed E-state index contributed by atoms with van der Waals surface area (Å²) in [5.74, 6) is 2.50. The topological polar surface area (TPSA) is 27.1 Å². The lowest BCUT2D eigenvalue weighted by molar-refractivity contribution is 0.281. The molecule has 1 unspecified atom stereocenters. The lowest BCUT2D eigenvalue weighted by Gasteiger charge is -2.09. The minimum absolute atomic E-state index is 0.389. The van der Waals surface area contributed by atoms with Crippen LogP contribution in [0, 0.1) is 5.92 Å². The zero-order valence-electron chi connectivity index (χ0n) is 10.4. The van der Waals surface area contributed by atoms with Gasteiger partial charge in [0.25, 0.3) is 0 Å². The summed E-state index contributed by atoms with van der Waals surface area (Å²) in [6.45, 7) is 7.20. The number of hydrogen-bond acceptors (Lipinski definition) is 3. The van der Waals surface area contributed by atoms with Crippen molar-refractivity contribution in [1.29, 1.82) is 0 Å². The smallest absolute Gasteiger partial charge is 0.157 e. The second-order valence-corrected chi connectivity index (χ2v) is 4.95. The Hall–Kier alpha value is -0.640. The molecule has 0 spiro atoms. The van der Waals surface area contributed by atoms with Crippen LogP contribution < -0.4 is 4.74 Å². The first kappa shape index (κ1) is 13.4. The summed E-state index contributed by atoms with van der Waals surface area (Å²) >= 11 is 4.22. The largest absolute Gasteiger partial charge is 0.490 e. The average Bonchev–Trinajstić information content (AvgIpc) is 2.67. The zero-order chi connectivity index (χ0) is 12.0. The molecule has 0 aliphatic heterocycles. The number of ether oxygens (including phenoxy) is 1. The van der Waals surface area contributed by atoms with E-state index >= 15 is 0 Å². The van der Waals surface area contributed by atoms with E-state index in [0.29, 0.717) is 12.0 Å². The van der Waals surface area contributed by atoms with Gasteiger partial charge in [0.1, 0.15) is 0 Å². The molecule has 0 amide bonds. The first-order valence-electron chi connectivity index (χ1n) is 5.91. The lowest BCUT2D eigenvalue weighted by atomic mass is 10.1. The van der Waals surface area contributed by atoms with E-state index in [-0.39, 0.29) is 0 Å². The lowest BCUT2D eigenvalue weighted by Crippen LogP contribution is -2.04. The fourth-order valence-electron chi connectivity index (χ4n) is 1.42. The first-order chi connectivity index (χ1) is 7.63. The van der Waals surface area contributed by atoms with Gasteiger partial charge in [-0.3, -0.25) is 4.68 Å². The van der Waals surface area contributed by atoms with Crippen molar-refractivity contribution in [2.24, 2.45) is 5.92 Å². The molecule has 0 fully saturated rings. The van der Waals surface area contributed by atoms with Crippen molar-refractivity contribution in [3.8, 4) is 5.75 Å². The van der Waals surface area contributed by atoms with Gasteiger partial charge in [-0.15, -0.1) is 0 Å². The van der Waals surface area contributed by atoms with Gasteiger partial charge in [-0.1, -0.05) is 6.92 Å². The van der Waals surface area contributed by atoms with Crippen LogP contribution in [0.3, 0.4) is 0 Å². The number of rotatable bonds is 7. The summed E-state index contributed by atoms with van der Waals surface area (Å²) in [5, 5.41) is 4.23. The molecule has 0 bridgehead atoms. The van der Waals surface area contributed by atoms with E-state index in [9.17, 15) is 0 Å². The van der Waals surface area contributed by atoms with Crippen molar-refractivity contribution in [3.63, 3.8) is 0 Å². The third kappa shape index (κ3) is 4.47. The van der Waals surface area contributed by atoms with Crippen molar-refractivity contribution in [2.45, 2.75) is 39.7 Å². The molecule has 0 saturated heterocycles. The van der Waals surface area contributed by atoms with Crippen molar-refractivity contribution in [2.75, 3.05) is 12.4 Å². The zero-order valence-corrected chi connectivity index (χ0v) is 11.3. The van der Waals surface area contributed by atoms with Crippen LogP contribution in [0.1, 0.15) is 39.7 Å². The molecule has 0 N–H and O–H groups in total. The molecule has 1 rings (SSSR count). The Morgan fingerprint density at radius 2 is 2.12 bits per heavy atom. The second-order valence-electron chi connectivity index (χ2n) is 4.50. The molecule has 1 atom stereocenters. The summed E-state index contributed by atoms with van der Waals surface area (Å²) in [5.41, 5.74) is 0. The van der Waals surface area contributed by atoms with Crippen molar-refractivity contribution >= 4 is 12.6 Å². The maximum atomic E-state index is 5.65. The van der Waals surface area contributed by atoms with Gasteiger partial charge in [0.2, 0.25) is 0 Å².